The minimum absolute atomic E-state index is 0.217. The smallest absolute Gasteiger partial charge is 0.280 e. The zero-order valence-corrected chi connectivity index (χ0v) is 16.7. The van der Waals surface area contributed by atoms with Crippen molar-refractivity contribution < 1.29 is 19.3 Å². The average Bonchev–Trinajstić information content (AvgIpc) is 3.23. The van der Waals surface area contributed by atoms with Gasteiger partial charge in [0.1, 0.15) is 18.3 Å². The maximum absolute atomic E-state index is 12.4. The predicted molar refractivity (Wildman–Crippen MR) is 101 cm³/mol. The van der Waals surface area contributed by atoms with E-state index in [2.05, 4.69) is 34.1 Å². The zero-order valence-electron chi connectivity index (χ0n) is 16.7. The fraction of sp³-hybridized carbons (Fsp3) is 0.722. The second kappa shape index (κ2) is 6.80. The molecule has 2 aromatic heterocycles. The van der Waals surface area contributed by atoms with Crippen molar-refractivity contribution in [2.24, 2.45) is 5.92 Å². The molecule has 0 aromatic carbocycles. The number of hydrogen-bond acceptors (Lipinski definition) is 8. The van der Waals surface area contributed by atoms with Crippen LogP contribution in [0, 0.1) is 5.92 Å². The van der Waals surface area contributed by atoms with Crippen LogP contribution in [0.2, 0.25) is 0 Å². The Kier molecular flexibility index (Phi) is 4.69. The third kappa shape index (κ3) is 3.30. The molecular formula is C18H27N5O5. The first-order chi connectivity index (χ1) is 13.2. The van der Waals surface area contributed by atoms with E-state index in [1.807, 2.05) is 13.8 Å². The summed E-state index contributed by atoms with van der Waals surface area (Å²) in [5.41, 5.74) is 0.271. The summed E-state index contributed by atoms with van der Waals surface area (Å²) in [6.07, 6.45) is -1.30. The minimum atomic E-state index is -0.796. The van der Waals surface area contributed by atoms with Crippen molar-refractivity contribution in [3.05, 3.63) is 16.7 Å². The van der Waals surface area contributed by atoms with Gasteiger partial charge in [0, 0.05) is 6.54 Å². The molecule has 2 aliphatic rings. The summed E-state index contributed by atoms with van der Waals surface area (Å²) in [6, 6.07) is 0. The molecule has 2 saturated heterocycles. The minimum Gasteiger partial charge on any atom is -0.391 e. The van der Waals surface area contributed by atoms with Crippen LogP contribution in [0.3, 0.4) is 0 Å². The van der Waals surface area contributed by atoms with Crippen molar-refractivity contribution in [3.63, 3.8) is 0 Å². The molecule has 4 rings (SSSR count). The lowest BCUT2D eigenvalue weighted by Crippen LogP contribution is -2.36. The Balaban J connectivity index is 1.73. The number of aliphatic hydroxyl groups excluding tert-OH is 1. The van der Waals surface area contributed by atoms with E-state index in [9.17, 15) is 9.90 Å². The number of aliphatic hydroxyl groups is 1. The molecule has 10 heteroatoms. The summed E-state index contributed by atoms with van der Waals surface area (Å²) >= 11 is 0. The number of ether oxygens (including phenoxy) is 3. The fourth-order valence-electron chi connectivity index (χ4n) is 3.72. The van der Waals surface area contributed by atoms with Crippen LogP contribution in [0.25, 0.3) is 11.2 Å². The number of aromatic amines is 1. The van der Waals surface area contributed by atoms with Gasteiger partial charge in [0.05, 0.1) is 12.4 Å². The highest BCUT2D eigenvalue weighted by atomic mass is 16.8. The number of rotatable bonds is 5. The Morgan fingerprint density at radius 1 is 1.32 bits per heavy atom. The van der Waals surface area contributed by atoms with Gasteiger partial charge in [-0.25, -0.2) is 4.98 Å². The first-order valence-electron chi connectivity index (χ1n) is 9.56. The van der Waals surface area contributed by atoms with Crippen LogP contribution in [-0.4, -0.2) is 61.4 Å². The van der Waals surface area contributed by atoms with E-state index in [0.717, 1.165) is 0 Å². The van der Waals surface area contributed by atoms with Crippen molar-refractivity contribution in [1.82, 2.24) is 19.5 Å². The van der Waals surface area contributed by atoms with Crippen LogP contribution >= 0.6 is 0 Å². The SMILES string of the molecule is CC(C)CNc1nc2c(ncn2[C@@H]2O[C@H]([C@H](C)O)C3OC(C)(C)O[C@@H]32)c(=O)[nH]1. The Morgan fingerprint density at radius 2 is 2.04 bits per heavy atom. The normalized spacial score (nSPS) is 30.1. The largest absolute Gasteiger partial charge is 0.391 e. The van der Waals surface area contributed by atoms with E-state index in [4.69, 9.17) is 14.2 Å². The van der Waals surface area contributed by atoms with Crippen LogP contribution in [-0.2, 0) is 14.2 Å². The molecule has 0 saturated carbocycles. The number of imidazole rings is 1. The van der Waals surface area contributed by atoms with E-state index in [1.54, 1.807) is 11.5 Å². The van der Waals surface area contributed by atoms with Gasteiger partial charge < -0.3 is 24.6 Å². The van der Waals surface area contributed by atoms with Crippen LogP contribution < -0.4 is 10.9 Å². The van der Waals surface area contributed by atoms with Crippen LogP contribution in [0.1, 0.15) is 40.8 Å². The van der Waals surface area contributed by atoms with Gasteiger partial charge in [0.2, 0.25) is 5.95 Å². The Morgan fingerprint density at radius 3 is 2.71 bits per heavy atom. The highest BCUT2D eigenvalue weighted by Gasteiger charge is 2.57. The molecule has 3 N–H and O–H groups in total. The number of fused-ring (bicyclic) bond motifs is 2. The summed E-state index contributed by atoms with van der Waals surface area (Å²) in [7, 11) is 0. The third-order valence-corrected chi connectivity index (χ3v) is 4.92. The molecule has 2 aromatic rings. The van der Waals surface area contributed by atoms with Crippen LogP contribution in [0.4, 0.5) is 5.95 Å². The van der Waals surface area contributed by atoms with Crippen molar-refractivity contribution in [2.45, 2.75) is 71.0 Å². The van der Waals surface area contributed by atoms with Crippen LogP contribution in [0.5, 0.6) is 0 Å². The van der Waals surface area contributed by atoms with E-state index in [-0.39, 0.29) is 11.1 Å². The molecule has 154 valence electrons. The molecule has 2 fully saturated rings. The standard InChI is InChI=1S/C18H27N5O5/c1-8(2)6-19-17-21-14-10(15(25)22-17)20-7-23(14)16-13-12(11(26-16)9(3)24)27-18(4,5)28-13/h7-9,11-13,16,24H,6H2,1-5H3,(H2,19,21,22,25)/t9-,11+,12?,13-,16+/m0/s1. The van der Waals surface area contributed by atoms with Gasteiger partial charge in [-0.1, -0.05) is 13.8 Å². The first-order valence-corrected chi connectivity index (χ1v) is 9.56. The Hall–Kier alpha value is -2.01. The summed E-state index contributed by atoms with van der Waals surface area (Å²) in [6.45, 7) is 10.1. The van der Waals surface area contributed by atoms with E-state index in [1.165, 1.54) is 6.33 Å². The molecule has 0 bridgehead atoms. The number of aromatic nitrogens is 4. The van der Waals surface area contributed by atoms with Gasteiger partial charge in [0.15, 0.2) is 23.2 Å². The maximum atomic E-state index is 12.4. The molecule has 0 radical (unpaired) electrons. The predicted octanol–water partition coefficient (Wildman–Crippen LogP) is 0.986. The summed E-state index contributed by atoms with van der Waals surface area (Å²) in [4.78, 5) is 23.9. The van der Waals surface area contributed by atoms with E-state index >= 15 is 0 Å². The molecular weight excluding hydrogens is 366 g/mol. The number of H-pyrrole nitrogens is 1. The molecule has 5 atom stereocenters. The lowest BCUT2D eigenvalue weighted by Gasteiger charge is -2.25. The Bertz CT molecular complexity index is 921. The van der Waals surface area contributed by atoms with Crippen molar-refractivity contribution in [2.75, 3.05) is 11.9 Å². The molecule has 0 amide bonds. The van der Waals surface area contributed by atoms with Gasteiger partial charge in [-0.05, 0) is 26.7 Å². The number of nitrogens with one attached hydrogen (secondary N) is 2. The Labute approximate surface area is 162 Å². The fourth-order valence-corrected chi connectivity index (χ4v) is 3.72. The molecule has 0 aliphatic carbocycles. The number of nitrogens with zero attached hydrogens (tertiary/aromatic N) is 3. The highest BCUT2D eigenvalue weighted by molar-refractivity contribution is 5.71. The summed E-state index contributed by atoms with van der Waals surface area (Å²) < 4.78 is 19.7. The van der Waals surface area contributed by atoms with E-state index in [0.29, 0.717) is 24.1 Å². The van der Waals surface area contributed by atoms with Gasteiger partial charge in [-0.3, -0.25) is 14.3 Å². The lowest BCUT2D eigenvalue weighted by atomic mass is 10.1. The third-order valence-electron chi connectivity index (χ3n) is 4.92. The highest BCUT2D eigenvalue weighted by Crippen LogP contribution is 2.44. The van der Waals surface area contributed by atoms with Gasteiger partial charge >= 0.3 is 0 Å². The molecule has 2 aliphatic heterocycles. The van der Waals surface area contributed by atoms with Crippen molar-refractivity contribution in [1.29, 1.82) is 0 Å². The molecule has 10 nitrogen and oxygen atoms in total. The summed E-state index contributed by atoms with van der Waals surface area (Å²) in [5, 5.41) is 13.3. The van der Waals surface area contributed by atoms with Gasteiger partial charge in [0.25, 0.3) is 5.56 Å². The van der Waals surface area contributed by atoms with Crippen molar-refractivity contribution >= 4 is 17.1 Å². The average molecular weight is 393 g/mol. The van der Waals surface area contributed by atoms with E-state index < -0.39 is 36.4 Å². The number of hydrogen-bond donors (Lipinski definition) is 3. The topological polar surface area (TPSA) is 124 Å². The van der Waals surface area contributed by atoms with Crippen molar-refractivity contribution in [3.8, 4) is 0 Å². The molecule has 4 heterocycles. The molecule has 1 unspecified atom stereocenters. The molecule has 28 heavy (non-hydrogen) atoms. The second-order valence-electron chi connectivity index (χ2n) is 8.31. The first kappa shape index (κ1) is 19.3. The quantitative estimate of drug-likeness (QED) is 0.687. The zero-order chi connectivity index (χ0) is 20.2. The molecule has 0 spiro atoms. The second-order valence-corrected chi connectivity index (χ2v) is 8.31. The lowest BCUT2D eigenvalue weighted by molar-refractivity contribution is -0.205. The van der Waals surface area contributed by atoms with Crippen LogP contribution in [0.15, 0.2) is 11.1 Å². The monoisotopic (exact) mass is 393 g/mol. The van der Waals surface area contributed by atoms with Gasteiger partial charge in [-0.15, -0.1) is 0 Å². The maximum Gasteiger partial charge on any atom is 0.280 e. The van der Waals surface area contributed by atoms with Gasteiger partial charge in [-0.2, -0.15) is 4.98 Å². The summed E-state index contributed by atoms with van der Waals surface area (Å²) in [5.74, 6) is -0.0307. The number of anilines is 1.